The molecule has 7 heteroatoms. The van der Waals surface area contributed by atoms with E-state index in [0.717, 1.165) is 6.54 Å². The fraction of sp³-hybridized carbons (Fsp3) is 0.500. The van der Waals surface area contributed by atoms with Crippen LogP contribution in [0.25, 0.3) is 0 Å². The first-order valence-corrected chi connectivity index (χ1v) is 6.89. The summed E-state index contributed by atoms with van der Waals surface area (Å²) in [6.45, 7) is 2.35. The Morgan fingerprint density at radius 1 is 1.59 bits per heavy atom. The van der Waals surface area contributed by atoms with Crippen molar-refractivity contribution in [2.75, 3.05) is 26.2 Å². The molecule has 1 saturated heterocycles. The van der Waals surface area contributed by atoms with Gasteiger partial charge in [-0.2, -0.15) is 0 Å². The molecular formula is C10H15N3O3S. The monoisotopic (exact) mass is 257 g/mol. The number of hydrogen-bond donors (Lipinski definition) is 2. The van der Waals surface area contributed by atoms with Gasteiger partial charge < -0.3 is 10.1 Å². The molecule has 0 radical (unpaired) electrons. The van der Waals surface area contributed by atoms with Crippen LogP contribution in [0.1, 0.15) is 0 Å². The molecule has 6 nitrogen and oxygen atoms in total. The highest BCUT2D eigenvalue weighted by atomic mass is 32.2. The summed E-state index contributed by atoms with van der Waals surface area (Å²) in [6.07, 6.45) is 2.74. The van der Waals surface area contributed by atoms with Crippen molar-refractivity contribution in [2.45, 2.75) is 11.0 Å². The Morgan fingerprint density at radius 2 is 2.47 bits per heavy atom. The summed E-state index contributed by atoms with van der Waals surface area (Å²) in [7, 11) is -3.48. The van der Waals surface area contributed by atoms with Gasteiger partial charge in [-0.05, 0) is 12.1 Å². The lowest BCUT2D eigenvalue weighted by Crippen LogP contribution is -2.45. The van der Waals surface area contributed by atoms with E-state index in [1.54, 1.807) is 6.07 Å². The van der Waals surface area contributed by atoms with E-state index in [0.29, 0.717) is 13.2 Å². The normalized spacial score (nSPS) is 21.3. The van der Waals surface area contributed by atoms with Crippen LogP contribution >= 0.6 is 0 Å². The second-order valence-corrected chi connectivity index (χ2v) is 5.50. The minimum Gasteiger partial charge on any atom is -0.374 e. The zero-order valence-electron chi connectivity index (χ0n) is 9.30. The Kier molecular flexibility index (Phi) is 4.06. The van der Waals surface area contributed by atoms with Crippen molar-refractivity contribution in [1.82, 2.24) is 15.0 Å². The van der Waals surface area contributed by atoms with Crippen LogP contribution in [0.3, 0.4) is 0 Å². The zero-order valence-corrected chi connectivity index (χ0v) is 10.1. The van der Waals surface area contributed by atoms with E-state index in [2.05, 4.69) is 15.0 Å². The van der Waals surface area contributed by atoms with E-state index in [1.807, 2.05) is 0 Å². The second kappa shape index (κ2) is 5.54. The fourth-order valence-electron chi connectivity index (χ4n) is 1.54. The summed E-state index contributed by atoms with van der Waals surface area (Å²) in [5, 5.41) is 3.14. The van der Waals surface area contributed by atoms with Crippen molar-refractivity contribution in [2.24, 2.45) is 0 Å². The average molecular weight is 257 g/mol. The summed E-state index contributed by atoms with van der Waals surface area (Å²) < 4.78 is 31.6. The molecule has 2 N–H and O–H groups in total. The van der Waals surface area contributed by atoms with Crippen molar-refractivity contribution >= 4 is 10.0 Å². The lowest BCUT2D eigenvalue weighted by Gasteiger charge is -2.23. The molecule has 1 aromatic heterocycles. The van der Waals surface area contributed by atoms with Gasteiger partial charge >= 0.3 is 0 Å². The lowest BCUT2D eigenvalue weighted by atomic mass is 10.3. The molecule has 0 aliphatic carbocycles. The fourth-order valence-corrected chi connectivity index (χ4v) is 2.57. The highest BCUT2D eigenvalue weighted by Crippen LogP contribution is 2.05. The molecule has 17 heavy (non-hydrogen) atoms. The molecule has 1 fully saturated rings. The van der Waals surface area contributed by atoms with Crippen molar-refractivity contribution < 1.29 is 13.2 Å². The van der Waals surface area contributed by atoms with Crippen LogP contribution < -0.4 is 10.0 Å². The van der Waals surface area contributed by atoms with Crippen LogP contribution in [0.5, 0.6) is 0 Å². The predicted octanol–water partition coefficient (Wildman–Crippen LogP) is -0.652. The van der Waals surface area contributed by atoms with Gasteiger partial charge in [0, 0.05) is 32.0 Å². The summed E-state index contributed by atoms with van der Waals surface area (Å²) >= 11 is 0. The van der Waals surface area contributed by atoms with E-state index in [-0.39, 0.29) is 17.5 Å². The third-order valence-corrected chi connectivity index (χ3v) is 3.86. The smallest absolute Gasteiger partial charge is 0.242 e. The molecule has 0 aromatic carbocycles. The highest BCUT2D eigenvalue weighted by molar-refractivity contribution is 7.89. The summed E-state index contributed by atoms with van der Waals surface area (Å²) in [5.41, 5.74) is 0. The van der Waals surface area contributed by atoms with Gasteiger partial charge in [0.2, 0.25) is 10.0 Å². The van der Waals surface area contributed by atoms with Crippen molar-refractivity contribution in [1.29, 1.82) is 0 Å². The molecule has 1 aliphatic heterocycles. The summed E-state index contributed by atoms with van der Waals surface area (Å²) in [5.74, 6) is 0. The minimum atomic E-state index is -3.48. The van der Waals surface area contributed by atoms with E-state index in [1.165, 1.54) is 18.5 Å². The molecule has 2 rings (SSSR count). The second-order valence-electron chi connectivity index (χ2n) is 3.74. The molecule has 94 valence electrons. The van der Waals surface area contributed by atoms with Gasteiger partial charge in [-0.1, -0.05) is 0 Å². The van der Waals surface area contributed by atoms with Gasteiger partial charge in [-0.25, -0.2) is 13.1 Å². The molecule has 0 bridgehead atoms. The maximum Gasteiger partial charge on any atom is 0.242 e. The summed E-state index contributed by atoms with van der Waals surface area (Å²) in [6, 6.07) is 3.10. The molecule has 0 amide bonds. The Balaban J connectivity index is 1.94. The summed E-state index contributed by atoms with van der Waals surface area (Å²) in [4.78, 5) is 3.95. The average Bonchev–Trinajstić information content (AvgIpc) is 2.39. The number of rotatable bonds is 4. The van der Waals surface area contributed by atoms with Gasteiger partial charge in [0.15, 0.2) is 0 Å². The van der Waals surface area contributed by atoms with Crippen LogP contribution in [0.15, 0.2) is 29.4 Å². The first-order valence-electron chi connectivity index (χ1n) is 5.40. The maximum absolute atomic E-state index is 11.8. The topological polar surface area (TPSA) is 80.3 Å². The van der Waals surface area contributed by atoms with E-state index in [4.69, 9.17) is 4.74 Å². The number of nitrogens with one attached hydrogen (secondary N) is 2. The van der Waals surface area contributed by atoms with Crippen molar-refractivity contribution in [3.63, 3.8) is 0 Å². The first kappa shape index (κ1) is 12.4. The number of morpholine rings is 1. The third kappa shape index (κ3) is 3.47. The molecule has 1 aliphatic rings. The SMILES string of the molecule is O=S(=O)(NCC1CNCCO1)c1cccnc1. The van der Waals surface area contributed by atoms with Gasteiger partial charge in [-0.3, -0.25) is 4.98 Å². The number of nitrogens with zero attached hydrogens (tertiary/aromatic N) is 1. The van der Waals surface area contributed by atoms with Crippen LogP contribution in [0.4, 0.5) is 0 Å². The predicted molar refractivity (Wildman–Crippen MR) is 62.0 cm³/mol. The molecule has 1 atom stereocenters. The number of aromatic nitrogens is 1. The first-order chi connectivity index (χ1) is 8.18. The van der Waals surface area contributed by atoms with Gasteiger partial charge in [0.25, 0.3) is 0 Å². The molecule has 1 aromatic rings. The van der Waals surface area contributed by atoms with E-state index in [9.17, 15) is 8.42 Å². The van der Waals surface area contributed by atoms with Gasteiger partial charge in [0.05, 0.1) is 12.7 Å². The quantitative estimate of drug-likeness (QED) is 0.749. The van der Waals surface area contributed by atoms with Gasteiger partial charge in [0.1, 0.15) is 4.90 Å². The number of pyridine rings is 1. The highest BCUT2D eigenvalue weighted by Gasteiger charge is 2.18. The molecule has 1 unspecified atom stereocenters. The Labute approximate surface area is 100 Å². The standard InChI is InChI=1S/C10H15N3O3S/c14-17(15,10-2-1-3-11-8-10)13-7-9-6-12-4-5-16-9/h1-3,8-9,12-13H,4-7H2. The largest absolute Gasteiger partial charge is 0.374 e. The molecule has 2 heterocycles. The zero-order chi connectivity index (χ0) is 12.1. The van der Waals surface area contributed by atoms with Crippen molar-refractivity contribution in [3.05, 3.63) is 24.5 Å². The van der Waals surface area contributed by atoms with Crippen molar-refractivity contribution in [3.8, 4) is 0 Å². The minimum absolute atomic E-state index is 0.116. The Bertz CT molecular complexity index is 443. The number of hydrogen-bond acceptors (Lipinski definition) is 5. The maximum atomic E-state index is 11.8. The van der Waals surface area contributed by atoms with Crippen LogP contribution in [-0.2, 0) is 14.8 Å². The van der Waals surface area contributed by atoms with Crippen LogP contribution in [0.2, 0.25) is 0 Å². The lowest BCUT2D eigenvalue weighted by molar-refractivity contribution is 0.0324. The molecule has 0 spiro atoms. The third-order valence-electron chi connectivity index (χ3n) is 2.45. The van der Waals surface area contributed by atoms with Crippen LogP contribution in [-0.4, -0.2) is 45.7 Å². The molecular weight excluding hydrogens is 242 g/mol. The van der Waals surface area contributed by atoms with Crippen LogP contribution in [0, 0.1) is 0 Å². The number of ether oxygens (including phenoxy) is 1. The van der Waals surface area contributed by atoms with E-state index >= 15 is 0 Å². The van der Waals surface area contributed by atoms with E-state index < -0.39 is 10.0 Å². The Hall–Kier alpha value is -1.02. The van der Waals surface area contributed by atoms with Gasteiger partial charge in [-0.15, -0.1) is 0 Å². The number of sulfonamides is 1. The Morgan fingerprint density at radius 3 is 3.12 bits per heavy atom. The molecule has 0 saturated carbocycles.